The number of carboxylic acids is 1. The minimum absolute atomic E-state index is 0.331. The van der Waals surface area contributed by atoms with Crippen LogP contribution in [0.15, 0.2) is 30.3 Å². The molecule has 3 nitrogen and oxygen atoms in total. The summed E-state index contributed by atoms with van der Waals surface area (Å²) in [6.07, 6.45) is 8.77. The Balaban J connectivity index is 0.000000204. The molecule has 1 aliphatic carbocycles. The third-order valence-electron chi connectivity index (χ3n) is 3.93. The van der Waals surface area contributed by atoms with Gasteiger partial charge in [-0.3, -0.25) is 0 Å². The lowest BCUT2D eigenvalue weighted by Gasteiger charge is -2.24. The van der Waals surface area contributed by atoms with Crippen LogP contribution in [0.2, 0.25) is 0 Å². The molecule has 2 rings (SSSR count). The first kappa shape index (κ1) is 16.7. The van der Waals surface area contributed by atoms with Crippen LogP contribution in [0.5, 0.6) is 0 Å². The quantitative estimate of drug-likeness (QED) is 0.876. The highest BCUT2D eigenvalue weighted by Gasteiger charge is 2.14. The van der Waals surface area contributed by atoms with Crippen molar-refractivity contribution in [2.45, 2.75) is 51.5 Å². The molecule has 1 aromatic rings. The Kier molecular flexibility index (Phi) is 7.97. The molecule has 112 valence electrons. The molecule has 0 amide bonds. The smallest absolute Gasteiger partial charge is 0.335 e. The molecule has 0 bridgehead atoms. The Hall–Kier alpha value is -1.35. The van der Waals surface area contributed by atoms with E-state index in [0.717, 1.165) is 12.0 Å². The lowest BCUT2D eigenvalue weighted by molar-refractivity contribution is 0.0697. The Bertz CT molecular complexity index is 372. The molecule has 0 heterocycles. The van der Waals surface area contributed by atoms with Crippen LogP contribution in [0, 0.1) is 5.92 Å². The largest absolute Gasteiger partial charge is 0.478 e. The van der Waals surface area contributed by atoms with Crippen molar-refractivity contribution in [3.8, 4) is 0 Å². The van der Waals surface area contributed by atoms with E-state index in [2.05, 4.69) is 19.3 Å². The highest BCUT2D eigenvalue weighted by molar-refractivity contribution is 5.87. The average Bonchev–Trinajstić information content (AvgIpc) is 2.49. The number of hydrogen-bond donors (Lipinski definition) is 2. The van der Waals surface area contributed by atoms with Crippen molar-refractivity contribution < 1.29 is 9.90 Å². The van der Waals surface area contributed by atoms with E-state index in [4.69, 9.17) is 5.11 Å². The SMILES string of the molecule is CNC(C)CC1CCCCC1.O=C(O)c1ccccc1. The number of carbonyl (C=O) groups is 1. The summed E-state index contributed by atoms with van der Waals surface area (Å²) in [5.41, 5.74) is 0.331. The summed E-state index contributed by atoms with van der Waals surface area (Å²) >= 11 is 0. The van der Waals surface area contributed by atoms with Gasteiger partial charge >= 0.3 is 5.97 Å². The lowest BCUT2D eigenvalue weighted by atomic mass is 9.85. The Morgan fingerprint density at radius 1 is 1.25 bits per heavy atom. The molecule has 1 aliphatic rings. The van der Waals surface area contributed by atoms with Gasteiger partial charge in [0, 0.05) is 6.04 Å². The second-order valence-electron chi connectivity index (χ2n) is 5.60. The molecular formula is C17H27NO2. The van der Waals surface area contributed by atoms with E-state index in [0.29, 0.717) is 5.56 Å². The maximum absolute atomic E-state index is 10.2. The van der Waals surface area contributed by atoms with Gasteiger partial charge in [-0.2, -0.15) is 0 Å². The van der Waals surface area contributed by atoms with Crippen LogP contribution in [-0.4, -0.2) is 24.2 Å². The molecule has 3 heteroatoms. The summed E-state index contributed by atoms with van der Waals surface area (Å²) < 4.78 is 0. The molecule has 2 N–H and O–H groups in total. The van der Waals surface area contributed by atoms with E-state index < -0.39 is 5.97 Å². The van der Waals surface area contributed by atoms with E-state index in [-0.39, 0.29) is 0 Å². The van der Waals surface area contributed by atoms with Gasteiger partial charge in [0.1, 0.15) is 0 Å². The Labute approximate surface area is 122 Å². The van der Waals surface area contributed by atoms with Gasteiger partial charge in [-0.25, -0.2) is 4.79 Å². The molecule has 1 atom stereocenters. The van der Waals surface area contributed by atoms with E-state index in [1.54, 1.807) is 30.3 Å². The number of nitrogens with one attached hydrogen (secondary N) is 1. The van der Waals surface area contributed by atoms with Gasteiger partial charge in [-0.05, 0) is 38.4 Å². The first-order valence-electron chi connectivity index (χ1n) is 7.59. The topological polar surface area (TPSA) is 49.3 Å². The fourth-order valence-electron chi connectivity index (χ4n) is 2.62. The Morgan fingerprint density at radius 3 is 2.30 bits per heavy atom. The Morgan fingerprint density at radius 2 is 1.85 bits per heavy atom. The highest BCUT2D eigenvalue weighted by Crippen LogP contribution is 2.26. The first-order valence-corrected chi connectivity index (χ1v) is 7.59. The molecule has 1 fully saturated rings. The molecule has 20 heavy (non-hydrogen) atoms. The molecule has 0 aromatic heterocycles. The number of hydrogen-bond acceptors (Lipinski definition) is 2. The minimum Gasteiger partial charge on any atom is -0.478 e. The summed E-state index contributed by atoms with van der Waals surface area (Å²) in [7, 11) is 2.06. The monoisotopic (exact) mass is 277 g/mol. The zero-order valence-corrected chi connectivity index (χ0v) is 12.6. The maximum Gasteiger partial charge on any atom is 0.335 e. The van der Waals surface area contributed by atoms with Gasteiger partial charge in [0.2, 0.25) is 0 Å². The third-order valence-corrected chi connectivity index (χ3v) is 3.93. The predicted molar refractivity (Wildman–Crippen MR) is 83.1 cm³/mol. The van der Waals surface area contributed by atoms with Crippen molar-refractivity contribution in [1.82, 2.24) is 5.32 Å². The van der Waals surface area contributed by atoms with Crippen molar-refractivity contribution >= 4 is 5.97 Å². The van der Waals surface area contributed by atoms with Crippen LogP contribution in [0.3, 0.4) is 0 Å². The molecule has 1 unspecified atom stereocenters. The van der Waals surface area contributed by atoms with Crippen molar-refractivity contribution in [3.63, 3.8) is 0 Å². The molecular weight excluding hydrogens is 250 g/mol. The van der Waals surface area contributed by atoms with Crippen LogP contribution >= 0.6 is 0 Å². The summed E-state index contributed by atoms with van der Waals surface area (Å²) in [5, 5.41) is 11.7. The fraction of sp³-hybridized carbons (Fsp3) is 0.588. The van der Waals surface area contributed by atoms with Crippen LogP contribution < -0.4 is 5.32 Å². The van der Waals surface area contributed by atoms with Crippen molar-refractivity contribution in [3.05, 3.63) is 35.9 Å². The van der Waals surface area contributed by atoms with Crippen LogP contribution in [0.1, 0.15) is 55.8 Å². The second-order valence-corrected chi connectivity index (χ2v) is 5.60. The van der Waals surface area contributed by atoms with E-state index >= 15 is 0 Å². The van der Waals surface area contributed by atoms with Gasteiger partial charge < -0.3 is 10.4 Å². The van der Waals surface area contributed by atoms with Gasteiger partial charge in [0.05, 0.1) is 5.56 Å². The van der Waals surface area contributed by atoms with Crippen molar-refractivity contribution in [2.24, 2.45) is 5.92 Å². The number of benzene rings is 1. The van der Waals surface area contributed by atoms with Gasteiger partial charge in [-0.1, -0.05) is 50.3 Å². The predicted octanol–water partition coefficient (Wildman–Crippen LogP) is 3.95. The summed E-state index contributed by atoms with van der Waals surface area (Å²) in [4.78, 5) is 10.2. The maximum atomic E-state index is 10.2. The molecule has 1 aromatic carbocycles. The summed E-state index contributed by atoms with van der Waals surface area (Å²) in [6.45, 7) is 2.29. The van der Waals surface area contributed by atoms with E-state index in [1.807, 2.05) is 0 Å². The molecule has 0 aliphatic heterocycles. The highest BCUT2D eigenvalue weighted by atomic mass is 16.4. The lowest BCUT2D eigenvalue weighted by Crippen LogP contribution is -2.25. The molecule has 0 saturated heterocycles. The molecule has 1 saturated carbocycles. The number of aromatic carboxylic acids is 1. The summed E-state index contributed by atoms with van der Waals surface area (Å²) in [6, 6.07) is 9.02. The number of rotatable bonds is 4. The van der Waals surface area contributed by atoms with Crippen LogP contribution in [-0.2, 0) is 0 Å². The zero-order valence-electron chi connectivity index (χ0n) is 12.6. The van der Waals surface area contributed by atoms with Crippen LogP contribution in [0.25, 0.3) is 0 Å². The normalized spacial score (nSPS) is 16.9. The average molecular weight is 277 g/mol. The second kappa shape index (κ2) is 9.54. The van der Waals surface area contributed by atoms with Gasteiger partial charge in [0.15, 0.2) is 0 Å². The zero-order chi connectivity index (χ0) is 14.8. The van der Waals surface area contributed by atoms with Gasteiger partial charge in [-0.15, -0.1) is 0 Å². The first-order chi connectivity index (χ1) is 9.63. The molecule has 0 spiro atoms. The standard InChI is InChI=1S/C10H21N.C7H6O2/c1-9(11-2)8-10-6-4-3-5-7-10;8-7(9)6-4-2-1-3-5-6/h9-11H,3-8H2,1-2H3;1-5H,(H,8,9). The van der Waals surface area contributed by atoms with Crippen molar-refractivity contribution in [2.75, 3.05) is 7.05 Å². The minimum atomic E-state index is -0.879. The van der Waals surface area contributed by atoms with E-state index in [1.165, 1.54) is 38.5 Å². The molecule has 0 radical (unpaired) electrons. The van der Waals surface area contributed by atoms with Crippen LogP contribution in [0.4, 0.5) is 0 Å². The summed E-state index contributed by atoms with van der Waals surface area (Å²) in [5.74, 6) is 0.141. The fourth-order valence-corrected chi connectivity index (χ4v) is 2.62. The van der Waals surface area contributed by atoms with E-state index in [9.17, 15) is 4.79 Å². The third kappa shape index (κ3) is 6.71. The van der Waals surface area contributed by atoms with Crippen molar-refractivity contribution in [1.29, 1.82) is 0 Å². The number of carboxylic acid groups (broad SMARTS) is 1. The van der Waals surface area contributed by atoms with Gasteiger partial charge in [0.25, 0.3) is 0 Å².